The summed E-state index contributed by atoms with van der Waals surface area (Å²) in [5.74, 6) is 0.368. The van der Waals surface area contributed by atoms with E-state index in [0.29, 0.717) is 6.42 Å². The number of hydrazone groups is 1. The van der Waals surface area contributed by atoms with Crippen LogP contribution in [0.15, 0.2) is 65.3 Å². The van der Waals surface area contributed by atoms with Crippen LogP contribution in [0.4, 0.5) is 4.79 Å². The Hall–Kier alpha value is -3.61. The highest BCUT2D eigenvalue weighted by Crippen LogP contribution is 2.28. The summed E-state index contributed by atoms with van der Waals surface area (Å²) >= 11 is 0. The van der Waals surface area contributed by atoms with E-state index in [9.17, 15) is 9.59 Å². The number of alkyl carbamates (subject to hydrolysis) is 1. The first kappa shape index (κ1) is 23.1. The highest BCUT2D eigenvalue weighted by atomic mass is 16.6. The predicted octanol–water partition coefficient (Wildman–Crippen LogP) is 4.09. The molecule has 0 unspecified atom stereocenters. The number of rotatable bonds is 6. The second-order valence-corrected chi connectivity index (χ2v) is 8.57. The van der Waals surface area contributed by atoms with Gasteiger partial charge in [0.15, 0.2) is 0 Å². The summed E-state index contributed by atoms with van der Waals surface area (Å²) in [6.07, 6.45) is 2.97. The maximum absolute atomic E-state index is 12.8. The quantitative estimate of drug-likeness (QED) is 0.528. The number of nitrogens with zero attached hydrogens (tertiary/aromatic N) is 1. The molecule has 0 aromatic heterocycles. The molecule has 7 nitrogen and oxygen atoms in total. The van der Waals surface area contributed by atoms with Gasteiger partial charge in [0.25, 0.3) is 5.91 Å². The van der Waals surface area contributed by atoms with Crippen LogP contribution in [0.3, 0.4) is 0 Å². The summed E-state index contributed by atoms with van der Waals surface area (Å²) in [6, 6.07) is 16.3. The fourth-order valence-corrected chi connectivity index (χ4v) is 3.16. The first-order valence-corrected chi connectivity index (χ1v) is 10.5. The molecule has 0 saturated carbocycles. The lowest BCUT2D eigenvalue weighted by Gasteiger charge is -2.23. The van der Waals surface area contributed by atoms with Gasteiger partial charge in [0.2, 0.25) is 0 Å². The maximum Gasteiger partial charge on any atom is 0.408 e. The highest BCUT2D eigenvalue weighted by molar-refractivity contribution is 5.91. The number of carbonyl (C=O) groups is 2. The van der Waals surface area contributed by atoms with Gasteiger partial charge in [0.1, 0.15) is 23.5 Å². The number of para-hydroxylation sites is 1. The zero-order valence-electron chi connectivity index (χ0n) is 18.8. The van der Waals surface area contributed by atoms with Crippen molar-refractivity contribution in [3.63, 3.8) is 0 Å². The third-order valence-electron chi connectivity index (χ3n) is 4.69. The molecule has 2 aromatic carbocycles. The minimum absolute atomic E-state index is 0.203. The predicted molar refractivity (Wildman–Crippen MR) is 124 cm³/mol. The molecular weight excluding hydrogens is 406 g/mol. The van der Waals surface area contributed by atoms with Crippen molar-refractivity contribution in [2.24, 2.45) is 5.10 Å². The van der Waals surface area contributed by atoms with Crippen molar-refractivity contribution in [3.8, 4) is 5.75 Å². The highest BCUT2D eigenvalue weighted by Gasteiger charge is 2.25. The van der Waals surface area contributed by atoms with Gasteiger partial charge in [-0.3, -0.25) is 4.79 Å². The Morgan fingerprint density at radius 3 is 2.53 bits per heavy atom. The number of hydrogen-bond acceptors (Lipinski definition) is 5. The summed E-state index contributed by atoms with van der Waals surface area (Å²) in [6.45, 7) is 7.21. The van der Waals surface area contributed by atoms with Gasteiger partial charge in [0.05, 0.1) is 6.21 Å². The lowest BCUT2D eigenvalue weighted by Crippen LogP contribution is -2.48. The number of carbonyl (C=O) groups excluding carboxylic acids is 2. The topological polar surface area (TPSA) is 89.0 Å². The minimum atomic E-state index is -0.848. The van der Waals surface area contributed by atoms with E-state index in [4.69, 9.17) is 9.47 Å². The Morgan fingerprint density at radius 2 is 1.81 bits per heavy atom. The summed E-state index contributed by atoms with van der Waals surface area (Å²) in [5, 5.41) is 6.74. The molecule has 0 bridgehead atoms. The van der Waals surface area contributed by atoms with Gasteiger partial charge in [-0.2, -0.15) is 5.10 Å². The summed E-state index contributed by atoms with van der Waals surface area (Å²) < 4.78 is 11.2. The molecule has 1 aliphatic rings. The van der Waals surface area contributed by atoms with Crippen molar-refractivity contribution in [2.45, 2.75) is 51.9 Å². The lowest BCUT2D eigenvalue weighted by molar-refractivity contribution is -0.123. The van der Waals surface area contributed by atoms with Crippen LogP contribution in [0.2, 0.25) is 0 Å². The van der Waals surface area contributed by atoms with Crippen LogP contribution in [0.25, 0.3) is 6.08 Å². The normalized spacial score (nSPS) is 16.4. The van der Waals surface area contributed by atoms with E-state index in [1.807, 2.05) is 67.6 Å². The minimum Gasteiger partial charge on any atom is -0.485 e. The largest absolute Gasteiger partial charge is 0.485 e. The number of nitrogens with one attached hydrogen (secondary N) is 2. The van der Waals surface area contributed by atoms with Crippen molar-refractivity contribution in [2.75, 3.05) is 0 Å². The molecule has 3 rings (SSSR count). The van der Waals surface area contributed by atoms with E-state index < -0.39 is 23.6 Å². The molecule has 0 aliphatic carbocycles. The summed E-state index contributed by atoms with van der Waals surface area (Å²) in [4.78, 5) is 25.1. The third-order valence-corrected chi connectivity index (χ3v) is 4.69. The van der Waals surface area contributed by atoms with Crippen LogP contribution >= 0.6 is 0 Å². The maximum atomic E-state index is 12.8. The van der Waals surface area contributed by atoms with Crippen molar-refractivity contribution < 1.29 is 19.1 Å². The molecule has 168 valence electrons. The van der Waals surface area contributed by atoms with Crippen LogP contribution in [0.1, 0.15) is 38.8 Å². The van der Waals surface area contributed by atoms with Crippen molar-refractivity contribution >= 4 is 24.3 Å². The Bertz CT molecular complexity index is 1010. The summed E-state index contributed by atoms with van der Waals surface area (Å²) in [7, 11) is 0. The summed E-state index contributed by atoms with van der Waals surface area (Å²) in [5.41, 5.74) is 4.53. The van der Waals surface area contributed by atoms with Crippen molar-refractivity contribution in [3.05, 3.63) is 71.3 Å². The van der Waals surface area contributed by atoms with Crippen LogP contribution in [0, 0.1) is 0 Å². The fraction of sp³-hybridized carbons (Fsp3) is 0.320. The molecule has 2 atom stereocenters. The SMILES string of the molecule is C[C@H]1Oc2ccccc2C=C1/C=N\NC(=O)[C@H](Cc1ccccc1)NC(=O)OC(C)(C)C. The Labute approximate surface area is 188 Å². The average Bonchev–Trinajstić information content (AvgIpc) is 2.73. The van der Waals surface area contributed by atoms with Crippen molar-refractivity contribution in [1.29, 1.82) is 0 Å². The van der Waals surface area contributed by atoms with Gasteiger partial charge in [-0.1, -0.05) is 48.5 Å². The second kappa shape index (κ2) is 10.1. The Balaban J connectivity index is 1.69. The van der Waals surface area contributed by atoms with Gasteiger partial charge in [-0.05, 0) is 45.4 Å². The van der Waals surface area contributed by atoms with Gasteiger partial charge >= 0.3 is 6.09 Å². The van der Waals surface area contributed by atoms with Gasteiger partial charge in [-0.15, -0.1) is 0 Å². The number of benzene rings is 2. The molecule has 2 amide bonds. The molecule has 2 N–H and O–H groups in total. The first-order valence-electron chi connectivity index (χ1n) is 10.5. The number of amides is 2. The van der Waals surface area contributed by atoms with Crippen LogP contribution < -0.4 is 15.5 Å². The smallest absolute Gasteiger partial charge is 0.408 e. The Kier molecular flexibility index (Phi) is 7.30. The molecular formula is C25H29N3O4. The standard InChI is InChI=1S/C25H29N3O4/c1-17-20(15-19-12-8-9-13-22(19)31-17)16-26-28-23(29)21(14-18-10-6-5-7-11-18)27-24(30)32-25(2,3)4/h5-13,15-17,21H,14H2,1-4H3,(H,27,30)(H,28,29)/b26-16-/t17-,21+/m1/s1. The number of ether oxygens (including phenoxy) is 2. The molecule has 1 heterocycles. The molecule has 32 heavy (non-hydrogen) atoms. The van der Waals surface area contributed by atoms with E-state index in [0.717, 1.165) is 22.4 Å². The molecule has 0 fully saturated rings. The Morgan fingerprint density at radius 1 is 1.12 bits per heavy atom. The van der Waals surface area contributed by atoms with E-state index in [1.54, 1.807) is 27.0 Å². The van der Waals surface area contributed by atoms with Crippen LogP contribution in [-0.2, 0) is 16.0 Å². The zero-order chi connectivity index (χ0) is 23.1. The molecule has 0 saturated heterocycles. The van der Waals surface area contributed by atoms with E-state index in [2.05, 4.69) is 15.8 Å². The van der Waals surface area contributed by atoms with Crippen LogP contribution in [-0.4, -0.2) is 36.0 Å². The zero-order valence-corrected chi connectivity index (χ0v) is 18.8. The van der Waals surface area contributed by atoms with Crippen LogP contribution in [0.5, 0.6) is 5.75 Å². The van der Waals surface area contributed by atoms with E-state index in [-0.39, 0.29) is 6.10 Å². The van der Waals surface area contributed by atoms with E-state index >= 15 is 0 Å². The van der Waals surface area contributed by atoms with Crippen molar-refractivity contribution in [1.82, 2.24) is 10.7 Å². The number of hydrogen-bond donors (Lipinski definition) is 2. The molecule has 7 heteroatoms. The van der Waals surface area contributed by atoms with Gasteiger partial charge in [0, 0.05) is 17.6 Å². The van der Waals surface area contributed by atoms with E-state index in [1.165, 1.54) is 0 Å². The number of fused-ring (bicyclic) bond motifs is 1. The lowest BCUT2D eigenvalue weighted by atomic mass is 10.0. The molecule has 2 aromatic rings. The molecule has 0 radical (unpaired) electrons. The fourth-order valence-electron chi connectivity index (χ4n) is 3.16. The monoisotopic (exact) mass is 435 g/mol. The second-order valence-electron chi connectivity index (χ2n) is 8.57. The van der Waals surface area contributed by atoms with Gasteiger partial charge in [-0.25, -0.2) is 10.2 Å². The third kappa shape index (κ3) is 6.70. The molecule has 1 aliphatic heterocycles. The first-order chi connectivity index (χ1) is 15.2. The molecule has 0 spiro atoms. The average molecular weight is 436 g/mol. The van der Waals surface area contributed by atoms with Gasteiger partial charge < -0.3 is 14.8 Å².